The Kier molecular flexibility index (Phi) is 3.03. The number of aryl methyl sites for hydroxylation is 1. The van der Waals surface area contributed by atoms with Crippen LogP contribution < -0.4 is 4.74 Å². The lowest BCUT2D eigenvalue weighted by Gasteiger charge is -2.06. The average molecular weight is 291 g/mol. The second kappa shape index (κ2) is 5.05. The number of methoxy groups -OCH3 is 1. The van der Waals surface area contributed by atoms with Crippen molar-refractivity contribution in [1.29, 1.82) is 0 Å². The summed E-state index contributed by atoms with van der Waals surface area (Å²) in [5.74, 6) is 2.64. The van der Waals surface area contributed by atoms with Crippen molar-refractivity contribution in [3.8, 4) is 5.75 Å². The van der Waals surface area contributed by atoms with Crippen molar-refractivity contribution in [3.63, 3.8) is 0 Å². The first-order chi connectivity index (χ1) is 10.8. The molecule has 22 heavy (non-hydrogen) atoms. The van der Waals surface area contributed by atoms with Gasteiger partial charge >= 0.3 is 0 Å². The molecule has 2 aromatic heterocycles. The monoisotopic (exact) mass is 291 g/mol. The highest BCUT2D eigenvalue weighted by Crippen LogP contribution is 2.53. The molecule has 2 atom stereocenters. The van der Waals surface area contributed by atoms with E-state index < -0.39 is 0 Å². The van der Waals surface area contributed by atoms with Gasteiger partial charge in [-0.1, -0.05) is 6.07 Å². The van der Waals surface area contributed by atoms with Crippen LogP contribution in [0.15, 0.2) is 42.6 Å². The smallest absolute Gasteiger partial charge is 0.132 e. The zero-order valence-electron chi connectivity index (χ0n) is 12.7. The maximum Gasteiger partial charge on any atom is 0.132 e. The number of hydrogen-bond acceptors (Lipinski definition) is 4. The predicted molar refractivity (Wildman–Crippen MR) is 85.2 cm³/mol. The molecule has 1 aromatic carbocycles. The van der Waals surface area contributed by atoms with Gasteiger partial charge in [-0.25, -0.2) is 9.97 Å². The van der Waals surface area contributed by atoms with Crippen LogP contribution in [0.25, 0.3) is 10.9 Å². The van der Waals surface area contributed by atoms with Gasteiger partial charge in [0.2, 0.25) is 0 Å². The summed E-state index contributed by atoms with van der Waals surface area (Å²) < 4.78 is 5.39. The van der Waals surface area contributed by atoms with Crippen molar-refractivity contribution in [3.05, 3.63) is 59.8 Å². The molecule has 1 saturated carbocycles. The molecule has 0 bridgehead atoms. The summed E-state index contributed by atoms with van der Waals surface area (Å²) in [4.78, 5) is 13.8. The van der Waals surface area contributed by atoms with Crippen LogP contribution in [0.5, 0.6) is 5.75 Å². The van der Waals surface area contributed by atoms with Gasteiger partial charge in [0.25, 0.3) is 0 Å². The number of ether oxygens (including phenoxy) is 1. The molecule has 3 aromatic rings. The molecule has 1 aliphatic rings. The Labute approximate surface area is 129 Å². The topological polar surface area (TPSA) is 47.9 Å². The second-order valence-electron chi connectivity index (χ2n) is 5.77. The molecule has 0 saturated heterocycles. The molecule has 0 spiro atoms. The molecular weight excluding hydrogens is 274 g/mol. The van der Waals surface area contributed by atoms with E-state index in [2.05, 4.69) is 22.1 Å². The lowest BCUT2D eigenvalue weighted by Crippen LogP contribution is -1.96. The fourth-order valence-electron chi connectivity index (χ4n) is 2.98. The van der Waals surface area contributed by atoms with Crippen LogP contribution in [0.3, 0.4) is 0 Å². The first kappa shape index (κ1) is 13.2. The van der Waals surface area contributed by atoms with Crippen LogP contribution in [0.1, 0.15) is 35.5 Å². The Morgan fingerprint density at radius 2 is 1.95 bits per heavy atom. The standard InChI is InChI=1S/C18H17N3O/c1-11-8-9-19-18(20-11)14-10-13(14)16-7-6-12-15(21-16)4-3-5-17(12)22-2/h3-9,13-14H,10H2,1-2H3/t13-,14-/m0/s1. The fraction of sp³-hybridized carbons (Fsp3) is 0.278. The Hall–Kier alpha value is -2.49. The minimum atomic E-state index is 0.399. The average Bonchev–Trinajstić information content (AvgIpc) is 3.34. The van der Waals surface area contributed by atoms with Gasteiger partial charge in [-0.05, 0) is 43.7 Å². The van der Waals surface area contributed by atoms with E-state index in [1.54, 1.807) is 7.11 Å². The summed E-state index contributed by atoms with van der Waals surface area (Å²) >= 11 is 0. The SMILES string of the molecule is COc1cccc2nc([C@H]3C[C@@H]3c3nccc(C)n3)ccc12. The van der Waals surface area contributed by atoms with Gasteiger partial charge in [-0.2, -0.15) is 0 Å². The fourth-order valence-corrected chi connectivity index (χ4v) is 2.98. The van der Waals surface area contributed by atoms with E-state index in [0.717, 1.165) is 40.3 Å². The molecule has 1 aliphatic carbocycles. The summed E-state index contributed by atoms with van der Waals surface area (Å²) in [7, 11) is 1.69. The number of rotatable bonds is 3. The summed E-state index contributed by atoms with van der Waals surface area (Å²) in [5, 5.41) is 1.05. The van der Waals surface area contributed by atoms with Crippen LogP contribution in [-0.4, -0.2) is 22.1 Å². The highest BCUT2D eigenvalue weighted by atomic mass is 16.5. The molecule has 0 aliphatic heterocycles. The Bertz CT molecular complexity index is 847. The highest BCUT2D eigenvalue weighted by molar-refractivity contribution is 5.85. The molecule has 0 N–H and O–H groups in total. The Balaban J connectivity index is 1.66. The van der Waals surface area contributed by atoms with Crippen LogP contribution in [-0.2, 0) is 0 Å². The van der Waals surface area contributed by atoms with Crippen molar-refractivity contribution in [2.45, 2.75) is 25.2 Å². The van der Waals surface area contributed by atoms with Crippen molar-refractivity contribution >= 4 is 10.9 Å². The Morgan fingerprint density at radius 3 is 2.77 bits per heavy atom. The predicted octanol–water partition coefficient (Wildman–Crippen LogP) is 3.61. The number of aromatic nitrogens is 3. The summed E-state index contributed by atoms with van der Waals surface area (Å²) in [6, 6.07) is 12.1. The van der Waals surface area contributed by atoms with Crippen LogP contribution in [0, 0.1) is 6.92 Å². The lowest BCUT2D eigenvalue weighted by molar-refractivity contribution is 0.419. The Morgan fingerprint density at radius 1 is 1.05 bits per heavy atom. The maximum atomic E-state index is 5.39. The number of fused-ring (bicyclic) bond motifs is 1. The van der Waals surface area contributed by atoms with Gasteiger partial charge in [-0.3, -0.25) is 4.98 Å². The first-order valence-corrected chi connectivity index (χ1v) is 7.49. The third-order valence-corrected chi connectivity index (χ3v) is 4.25. The molecular formula is C18H17N3O. The first-order valence-electron chi connectivity index (χ1n) is 7.49. The van der Waals surface area contributed by atoms with Gasteiger partial charge in [-0.15, -0.1) is 0 Å². The third kappa shape index (κ3) is 2.21. The van der Waals surface area contributed by atoms with Crippen molar-refractivity contribution in [2.75, 3.05) is 7.11 Å². The molecule has 4 nitrogen and oxygen atoms in total. The number of nitrogens with zero attached hydrogens (tertiary/aromatic N) is 3. The van der Waals surface area contributed by atoms with Crippen LogP contribution >= 0.6 is 0 Å². The van der Waals surface area contributed by atoms with Crippen LogP contribution in [0.2, 0.25) is 0 Å². The minimum absolute atomic E-state index is 0.399. The molecule has 0 unspecified atom stereocenters. The summed E-state index contributed by atoms with van der Waals surface area (Å²) in [6.07, 6.45) is 2.91. The molecule has 2 heterocycles. The minimum Gasteiger partial charge on any atom is -0.496 e. The number of benzene rings is 1. The van der Waals surface area contributed by atoms with Gasteiger partial charge < -0.3 is 4.74 Å². The number of pyridine rings is 1. The van der Waals surface area contributed by atoms with E-state index >= 15 is 0 Å². The zero-order chi connectivity index (χ0) is 15.1. The molecule has 4 rings (SSSR count). The van der Waals surface area contributed by atoms with Crippen molar-refractivity contribution < 1.29 is 4.74 Å². The van der Waals surface area contributed by atoms with Crippen molar-refractivity contribution in [2.24, 2.45) is 0 Å². The summed E-state index contributed by atoms with van der Waals surface area (Å²) in [5.41, 5.74) is 3.12. The molecule has 4 heteroatoms. The number of hydrogen-bond donors (Lipinski definition) is 0. The lowest BCUT2D eigenvalue weighted by atomic mass is 10.1. The van der Waals surface area contributed by atoms with E-state index in [0.29, 0.717) is 11.8 Å². The van der Waals surface area contributed by atoms with E-state index in [4.69, 9.17) is 9.72 Å². The van der Waals surface area contributed by atoms with Crippen molar-refractivity contribution in [1.82, 2.24) is 15.0 Å². The zero-order valence-corrected chi connectivity index (χ0v) is 12.7. The van der Waals surface area contributed by atoms with Gasteiger partial charge in [0, 0.05) is 34.8 Å². The maximum absolute atomic E-state index is 5.39. The normalized spacial score (nSPS) is 20.1. The van der Waals surface area contributed by atoms with Crippen LogP contribution in [0.4, 0.5) is 0 Å². The second-order valence-corrected chi connectivity index (χ2v) is 5.77. The largest absolute Gasteiger partial charge is 0.496 e. The molecule has 1 fully saturated rings. The third-order valence-electron chi connectivity index (χ3n) is 4.25. The summed E-state index contributed by atoms with van der Waals surface area (Å²) in [6.45, 7) is 2.00. The van der Waals surface area contributed by atoms with E-state index in [1.165, 1.54) is 0 Å². The van der Waals surface area contributed by atoms with E-state index in [-0.39, 0.29) is 0 Å². The molecule has 0 radical (unpaired) electrons. The van der Waals surface area contributed by atoms with E-state index in [9.17, 15) is 0 Å². The van der Waals surface area contributed by atoms with Gasteiger partial charge in [0.1, 0.15) is 11.6 Å². The molecule has 110 valence electrons. The molecule has 0 amide bonds. The van der Waals surface area contributed by atoms with Gasteiger partial charge in [0.05, 0.1) is 12.6 Å². The quantitative estimate of drug-likeness (QED) is 0.739. The highest BCUT2D eigenvalue weighted by Gasteiger charge is 2.42. The van der Waals surface area contributed by atoms with Gasteiger partial charge in [0.15, 0.2) is 0 Å². The van der Waals surface area contributed by atoms with E-state index in [1.807, 2.05) is 37.4 Å².